The topological polar surface area (TPSA) is 29.1 Å². The molecule has 0 fully saturated rings. The highest BCUT2D eigenvalue weighted by Gasteiger charge is 2.06. The number of amides is 1. The summed E-state index contributed by atoms with van der Waals surface area (Å²) in [5.74, 6) is -0.0961. The summed E-state index contributed by atoms with van der Waals surface area (Å²) in [6, 6.07) is 30.2. The summed E-state index contributed by atoms with van der Waals surface area (Å²) in [5, 5.41) is 5.22. The molecular formula is C24H19NO. The van der Waals surface area contributed by atoms with Gasteiger partial charge in [0.25, 0.3) is 5.91 Å². The smallest absolute Gasteiger partial charge is 0.255 e. The number of carbonyl (C=O) groups excluding carboxylic acids is 1. The Labute approximate surface area is 153 Å². The second-order valence-corrected chi connectivity index (χ2v) is 6.46. The van der Waals surface area contributed by atoms with Gasteiger partial charge >= 0.3 is 0 Å². The van der Waals surface area contributed by atoms with Gasteiger partial charge in [0.15, 0.2) is 0 Å². The molecule has 0 unspecified atom stereocenters. The number of rotatable bonds is 3. The van der Waals surface area contributed by atoms with Gasteiger partial charge in [0.2, 0.25) is 0 Å². The second-order valence-electron chi connectivity index (χ2n) is 6.46. The monoisotopic (exact) mass is 337 g/mol. The lowest BCUT2D eigenvalue weighted by atomic mass is 10.00. The fourth-order valence-corrected chi connectivity index (χ4v) is 3.04. The Hall–Kier alpha value is -3.39. The van der Waals surface area contributed by atoms with Crippen molar-refractivity contribution in [3.05, 3.63) is 102 Å². The van der Waals surface area contributed by atoms with Crippen molar-refractivity contribution < 1.29 is 4.79 Å². The minimum absolute atomic E-state index is 0.0961. The van der Waals surface area contributed by atoms with Gasteiger partial charge in [-0.15, -0.1) is 0 Å². The van der Waals surface area contributed by atoms with Crippen molar-refractivity contribution in [2.45, 2.75) is 6.92 Å². The minimum atomic E-state index is -0.0961. The molecule has 0 spiro atoms. The van der Waals surface area contributed by atoms with Crippen molar-refractivity contribution in [1.82, 2.24) is 0 Å². The van der Waals surface area contributed by atoms with E-state index in [-0.39, 0.29) is 5.91 Å². The van der Waals surface area contributed by atoms with E-state index in [1.54, 1.807) is 0 Å². The van der Waals surface area contributed by atoms with Crippen LogP contribution in [0.1, 0.15) is 15.9 Å². The Balaban J connectivity index is 1.61. The number of aryl methyl sites for hydroxylation is 1. The molecule has 0 atom stereocenters. The molecule has 4 rings (SSSR count). The molecule has 2 nitrogen and oxygen atoms in total. The van der Waals surface area contributed by atoms with Gasteiger partial charge in [-0.25, -0.2) is 0 Å². The van der Waals surface area contributed by atoms with Crippen LogP contribution in [-0.4, -0.2) is 5.91 Å². The quantitative estimate of drug-likeness (QED) is 0.483. The Kier molecular flexibility index (Phi) is 4.24. The highest BCUT2D eigenvalue weighted by molar-refractivity contribution is 6.05. The third kappa shape index (κ3) is 3.35. The normalized spacial score (nSPS) is 10.7. The van der Waals surface area contributed by atoms with E-state index in [0.29, 0.717) is 5.56 Å². The summed E-state index contributed by atoms with van der Waals surface area (Å²) >= 11 is 0. The SMILES string of the molecule is Cc1ccc(-c2ccc3cc(NC(=O)c4ccccc4)ccc3c2)cc1. The molecule has 1 N–H and O–H groups in total. The predicted molar refractivity (Wildman–Crippen MR) is 109 cm³/mol. The van der Waals surface area contributed by atoms with Crippen LogP contribution >= 0.6 is 0 Å². The van der Waals surface area contributed by atoms with Gasteiger partial charge in [0.1, 0.15) is 0 Å². The van der Waals surface area contributed by atoms with Crippen LogP contribution in [0.4, 0.5) is 5.69 Å². The summed E-state index contributed by atoms with van der Waals surface area (Å²) in [4.78, 5) is 12.3. The lowest BCUT2D eigenvalue weighted by molar-refractivity contribution is 0.102. The number of nitrogens with one attached hydrogen (secondary N) is 1. The van der Waals surface area contributed by atoms with Gasteiger partial charge in [-0.1, -0.05) is 66.2 Å². The first-order valence-corrected chi connectivity index (χ1v) is 8.66. The maximum Gasteiger partial charge on any atom is 0.255 e. The fourth-order valence-electron chi connectivity index (χ4n) is 3.04. The first-order chi connectivity index (χ1) is 12.7. The molecule has 0 aliphatic rings. The van der Waals surface area contributed by atoms with Crippen molar-refractivity contribution in [1.29, 1.82) is 0 Å². The zero-order valence-electron chi connectivity index (χ0n) is 14.6. The lowest BCUT2D eigenvalue weighted by Crippen LogP contribution is -2.11. The van der Waals surface area contributed by atoms with Crippen LogP contribution in [0.25, 0.3) is 21.9 Å². The summed E-state index contributed by atoms with van der Waals surface area (Å²) < 4.78 is 0. The summed E-state index contributed by atoms with van der Waals surface area (Å²) in [6.45, 7) is 2.09. The van der Waals surface area contributed by atoms with Crippen LogP contribution in [-0.2, 0) is 0 Å². The van der Waals surface area contributed by atoms with Gasteiger partial charge in [0, 0.05) is 11.3 Å². The summed E-state index contributed by atoms with van der Waals surface area (Å²) in [7, 11) is 0. The molecule has 0 aliphatic carbocycles. The van der Waals surface area contributed by atoms with Gasteiger partial charge in [-0.2, -0.15) is 0 Å². The van der Waals surface area contributed by atoms with E-state index in [1.807, 2.05) is 48.5 Å². The van der Waals surface area contributed by atoms with Crippen molar-refractivity contribution in [3.8, 4) is 11.1 Å². The number of fused-ring (bicyclic) bond motifs is 1. The van der Waals surface area contributed by atoms with E-state index >= 15 is 0 Å². The molecule has 0 radical (unpaired) electrons. The highest BCUT2D eigenvalue weighted by atomic mass is 16.1. The van der Waals surface area contributed by atoms with E-state index in [1.165, 1.54) is 16.7 Å². The zero-order chi connectivity index (χ0) is 17.9. The van der Waals surface area contributed by atoms with Gasteiger partial charge in [-0.3, -0.25) is 4.79 Å². The molecule has 0 aromatic heterocycles. The number of carbonyl (C=O) groups is 1. The van der Waals surface area contributed by atoms with Crippen molar-refractivity contribution in [2.75, 3.05) is 5.32 Å². The first-order valence-electron chi connectivity index (χ1n) is 8.66. The average Bonchev–Trinajstić information content (AvgIpc) is 2.69. The third-order valence-electron chi connectivity index (χ3n) is 4.52. The third-order valence-corrected chi connectivity index (χ3v) is 4.52. The summed E-state index contributed by atoms with van der Waals surface area (Å²) in [6.07, 6.45) is 0. The van der Waals surface area contributed by atoms with Crippen LogP contribution in [0.3, 0.4) is 0 Å². The lowest BCUT2D eigenvalue weighted by Gasteiger charge is -2.08. The number of hydrogen-bond acceptors (Lipinski definition) is 1. The highest BCUT2D eigenvalue weighted by Crippen LogP contribution is 2.26. The largest absolute Gasteiger partial charge is 0.322 e. The Morgan fingerprint density at radius 2 is 1.35 bits per heavy atom. The molecule has 1 amide bonds. The average molecular weight is 337 g/mol. The van der Waals surface area contributed by atoms with Gasteiger partial charge < -0.3 is 5.32 Å². The Bertz CT molecular complexity index is 1070. The molecular weight excluding hydrogens is 318 g/mol. The van der Waals surface area contributed by atoms with Crippen LogP contribution < -0.4 is 5.32 Å². The second kappa shape index (κ2) is 6.85. The summed E-state index contributed by atoms with van der Waals surface area (Å²) in [5.41, 5.74) is 5.11. The fraction of sp³-hybridized carbons (Fsp3) is 0.0417. The predicted octanol–water partition coefficient (Wildman–Crippen LogP) is 6.07. The Morgan fingerprint density at radius 1 is 0.692 bits per heavy atom. The van der Waals surface area contributed by atoms with Crippen LogP contribution in [0.15, 0.2) is 91.0 Å². The molecule has 4 aromatic carbocycles. The van der Waals surface area contributed by atoms with Crippen molar-refractivity contribution in [3.63, 3.8) is 0 Å². The minimum Gasteiger partial charge on any atom is -0.322 e. The molecule has 2 heteroatoms. The maximum absolute atomic E-state index is 12.3. The number of hydrogen-bond donors (Lipinski definition) is 1. The van der Waals surface area contributed by atoms with Crippen molar-refractivity contribution >= 4 is 22.4 Å². The Morgan fingerprint density at radius 3 is 2.12 bits per heavy atom. The molecule has 0 aliphatic heterocycles. The maximum atomic E-state index is 12.3. The van der Waals surface area contributed by atoms with Crippen LogP contribution in [0.2, 0.25) is 0 Å². The van der Waals surface area contributed by atoms with Crippen LogP contribution in [0, 0.1) is 6.92 Å². The van der Waals surface area contributed by atoms with E-state index in [9.17, 15) is 4.79 Å². The molecule has 0 saturated heterocycles. The van der Waals surface area contributed by atoms with E-state index in [0.717, 1.165) is 16.5 Å². The molecule has 0 heterocycles. The molecule has 0 bridgehead atoms. The van der Waals surface area contributed by atoms with Crippen LogP contribution in [0.5, 0.6) is 0 Å². The molecule has 126 valence electrons. The van der Waals surface area contributed by atoms with Crippen molar-refractivity contribution in [2.24, 2.45) is 0 Å². The number of benzene rings is 4. The van der Waals surface area contributed by atoms with E-state index in [2.05, 4.69) is 54.7 Å². The zero-order valence-corrected chi connectivity index (χ0v) is 14.6. The van der Waals surface area contributed by atoms with Gasteiger partial charge in [-0.05, 0) is 59.2 Å². The van der Waals surface area contributed by atoms with Gasteiger partial charge in [0.05, 0.1) is 0 Å². The standard InChI is InChI=1S/C24H19NO/c1-17-7-9-18(10-8-17)20-11-12-22-16-23(14-13-21(22)15-20)25-24(26)19-5-3-2-4-6-19/h2-16H,1H3,(H,25,26). The first kappa shape index (κ1) is 16.1. The molecule has 26 heavy (non-hydrogen) atoms. The van der Waals surface area contributed by atoms with E-state index < -0.39 is 0 Å². The molecule has 4 aromatic rings. The number of anilines is 1. The molecule has 0 saturated carbocycles. The van der Waals surface area contributed by atoms with E-state index in [4.69, 9.17) is 0 Å².